The third-order valence-corrected chi connectivity index (χ3v) is 6.86. The number of guanidine groups is 1. The van der Waals surface area contributed by atoms with Gasteiger partial charge in [-0.05, 0) is 75.7 Å². The fourth-order valence-corrected chi connectivity index (χ4v) is 5.11. The van der Waals surface area contributed by atoms with Crippen molar-refractivity contribution in [2.75, 3.05) is 57.3 Å². The molecule has 3 aliphatic heterocycles. The Morgan fingerprint density at radius 1 is 1.13 bits per heavy atom. The molecular weight excluding hydrogens is 393 g/mol. The second kappa shape index (κ2) is 10.6. The Kier molecular flexibility index (Phi) is 7.67. The first-order chi connectivity index (χ1) is 15.1. The van der Waals surface area contributed by atoms with Crippen molar-refractivity contribution in [3.8, 4) is 0 Å². The summed E-state index contributed by atoms with van der Waals surface area (Å²) in [5, 5.41) is 13.1. The van der Waals surface area contributed by atoms with Gasteiger partial charge in [0.15, 0.2) is 5.96 Å². The Morgan fingerprint density at radius 3 is 2.61 bits per heavy atom. The van der Waals surface area contributed by atoms with Crippen LogP contribution in [0.25, 0.3) is 0 Å². The number of nitrogens with one attached hydrogen (secondary N) is 1. The molecule has 0 bridgehead atoms. The third kappa shape index (κ3) is 5.89. The maximum atomic E-state index is 14.8. The second-order valence-electron chi connectivity index (χ2n) is 9.28. The van der Waals surface area contributed by atoms with E-state index in [0.29, 0.717) is 44.1 Å². The van der Waals surface area contributed by atoms with Crippen molar-refractivity contribution in [1.82, 2.24) is 15.1 Å². The molecular formula is C24H38FN5O. The summed E-state index contributed by atoms with van der Waals surface area (Å²) in [7, 11) is 0. The number of aliphatic imine (C=N–C) groups is 1. The molecule has 31 heavy (non-hydrogen) atoms. The van der Waals surface area contributed by atoms with Gasteiger partial charge in [-0.15, -0.1) is 0 Å². The number of nitrogens with zero attached hydrogens (tertiary/aromatic N) is 4. The minimum atomic E-state index is -0.252. The lowest BCUT2D eigenvalue weighted by Gasteiger charge is -2.31. The molecule has 0 spiro atoms. The van der Waals surface area contributed by atoms with Gasteiger partial charge in [0.1, 0.15) is 5.82 Å². The van der Waals surface area contributed by atoms with Gasteiger partial charge in [0.2, 0.25) is 0 Å². The number of piperidine rings is 1. The van der Waals surface area contributed by atoms with Crippen LogP contribution in [0.2, 0.25) is 0 Å². The minimum absolute atomic E-state index is 0.194. The van der Waals surface area contributed by atoms with E-state index >= 15 is 0 Å². The minimum Gasteiger partial charge on any atom is -0.393 e. The molecule has 2 N–H and O–H groups in total. The summed E-state index contributed by atoms with van der Waals surface area (Å²) < 4.78 is 14.8. The zero-order chi connectivity index (χ0) is 21.6. The monoisotopic (exact) mass is 431 g/mol. The predicted molar refractivity (Wildman–Crippen MR) is 124 cm³/mol. The van der Waals surface area contributed by atoms with E-state index in [9.17, 15) is 9.50 Å². The largest absolute Gasteiger partial charge is 0.393 e. The van der Waals surface area contributed by atoms with Gasteiger partial charge >= 0.3 is 0 Å². The number of rotatable bonds is 6. The number of hydrogen-bond donors (Lipinski definition) is 2. The Balaban J connectivity index is 1.35. The van der Waals surface area contributed by atoms with Crippen molar-refractivity contribution in [3.63, 3.8) is 0 Å². The topological polar surface area (TPSA) is 54.3 Å². The Bertz CT molecular complexity index is 743. The average molecular weight is 432 g/mol. The van der Waals surface area contributed by atoms with Crippen LogP contribution in [0.4, 0.5) is 10.1 Å². The van der Waals surface area contributed by atoms with Crippen LogP contribution in [-0.2, 0) is 6.54 Å². The predicted octanol–water partition coefficient (Wildman–Crippen LogP) is 2.67. The van der Waals surface area contributed by atoms with E-state index < -0.39 is 0 Å². The SMILES string of the molecule is CCNC(=NCc1ccc(N2CCC(O)CC2)c(F)c1)N1CCC(CN2CCCC2)C1. The first-order valence-electron chi connectivity index (χ1n) is 12.1. The van der Waals surface area contributed by atoms with Crippen LogP contribution in [0.15, 0.2) is 23.2 Å². The van der Waals surface area contributed by atoms with Gasteiger partial charge in [-0.2, -0.15) is 0 Å². The van der Waals surface area contributed by atoms with Crippen LogP contribution in [0.5, 0.6) is 0 Å². The fraction of sp³-hybridized carbons (Fsp3) is 0.708. The highest BCUT2D eigenvalue weighted by Gasteiger charge is 2.27. The van der Waals surface area contributed by atoms with Crippen molar-refractivity contribution in [2.24, 2.45) is 10.9 Å². The van der Waals surface area contributed by atoms with E-state index in [1.54, 1.807) is 6.07 Å². The lowest BCUT2D eigenvalue weighted by molar-refractivity contribution is 0.145. The molecule has 1 atom stereocenters. The highest BCUT2D eigenvalue weighted by molar-refractivity contribution is 5.80. The maximum Gasteiger partial charge on any atom is 0.194 e. The van der Waals surface area contributed by atoms with E-state index in [2.05, 4.69) is 22.0 Å². The summed E-state index contributed by atoms with van der Waals surface area (Å²) in [6, 6.07) is 5.47. The molecule has 1 unspecified atom stereocenters. The Morgan fingerprint density at radius 2 is 1.90 bits per heavy atom. The highest BCUT2D eigenvalue weighted by atomic mass is 19.1. The molecule has 3 heterocycles. The third-order valence-electron chi connectivity index (χ3n) is 6.86. The summed E-state index contributed by atoms with van der Waals surface area (Å²) in [6.45, 7) is 10.6. The standard InChI is InChI=1S/C24H38FN5O/c1-2-26-24(30-12-7-20(18-30)17-28-10-3-4-11-28)27-16-19-5-6-23(22(25)15-19)29-13-8-21(31)9-14-29/h5-6,15,20-21,31H,2-4,7-14,16-18H2,1H3,(H,26,27). The lowest BCUT2D eigenvalue weighted by Crippen LogP contribution is -2.40. The van der Waals surface area contributed by atoms with Gasteiger partial charge in [0.25, 0.3) is 0 Å². The summed E-state index contributed by atoms with van der Waals surface area (Å²) in [6.07, 6.45) is 5.05. The molecule has 4 rings (SSSR count). The Hall–Kier alpha value is -1.86. The molecule has 1 aromatic carbocycles. The van der Waals surface area contributed by atoms with Crippen molar-refractivity contribution in [3.05, 3.63) is 29.6 Å². The van der Waals surface area contributed by atoms with Crippen molar-refractivity contribution >= 4 is 11.6 Å². The molecule has 1 aromatic rings. The molecule has 0 radical (unpaired) electrons. The van der Waals surface area contributed by atoms with Crippen LogP contribution < -0.4 is 10.2 Å². The van der Waals surface area contributed by atoms with Gasteiger partial charge < -0.3 is 25.1 Å². The van der Waals surface area contributed by atoms with E-state index in [4.69, 9.17) is 4.99 Å². The van der Waals surface area contributed by atoms with Crippen molar-refractivity contribution in [1.29, 1.82) is 0 Å². The number of hydrogen-bond acceptors (Lipinski definition) is 4. The van der Waals surface area contributed by atoms with Gasteiger partial charge in [-0.3, -0.25) is 0 Å². The van der Waals surface area contributed by atoms with Crippen LogP contribution >= 0.6 is 0 Å². The first-order valence-corrected chi connectivity index (χ1v) is 12.1. The normalized spacial score (nSPS) is 23.7. The average Bonchev–Trinajstić information content (AvgIpc) is 3.45. The van der Waals surface area contributed by atoms with Crippen LogP contribution in [0.3, 0.4) is 0 Å². The fourth-order valence-electron chi connectivity index (χ4n) is 5.11. The molecule has 0 saturated carbocycles. The van der Waals surface area contributed by atoms with E-state index in [1.807, 2.05) is 17.0 Å². The summed E-state index contributed by atoms with van der Waals surface area (Å²) in [4.78, 5) is 11.8. The smallest absolute Gasteiger partial charge is 0.194 e. The molecule has 3 saturated heterocycles. The van der Waals surface area contributed by atoms with Crippen LogP contribution in [0, 0.1) is 11.7 Å². The molecule has 3 aliphatic rings. The molecule has 3 fully saturated rings. The number of halogens is 1. The van der Waals surface area contributed by atoms with Gasteiger partial charge in [0, 0.05) is 39.3 Å². The number of benzene rings is 1. The van der Waals surface area contributed by atoms with Crippen molar-refractivity contribution in [2.45, 2.75) is 51.7 Å². The van der Waals surface area contributed by atoms with Crippen molar-refractivity contribution < 1.29 is 9.50 Å². The van der Waals surface area contributed by atoms with Crippen LogP contribution in [0.1, 0.15) is 44.6 Å². The zero-order valence-corrected chi connectivity index (χ0v) is 18.9. The summed E-state index contributed by atoms with van der Waals surface area (Å²) in [5.74, 6) is 1.46. The second-order valence-corrected chi connectivity index (χ2v) is 9.28. The van der Waals surface area contributed by atoms with Gasteiger partial charge in [0.05, 0.1) is 18.3 Å². The van der Waals surface area contributed by atoms with Crippen LogP contribution in [-0.4, -0.2) is 79.3 Å². The number of likely N-dealkylation sites (tertiary alicyclic amines) is 2. The van der Waals surface area contributed by atoms with E-state index in [-0.39, 0.29) is 11.9 Å². The molecule has 7 heteroatoms. The number of aliphatic hydroxyl groups excluding tert-OH is 1. The quantitative estimate of drug-likeness (QED) is 0.536. The summed E-state index contributed by atoms with van der Waals surface area (Å²) >= 11 is 0. The van der Waals surface area contributed by atoms with Gasteiger partial charge in [-0.25, -0.2) is 9.38 Å². The number of anilines is 1. The molecule has 0 aliphatic carbocycles. The first kappa shape index (κ1) is 22.3. The van der Waals surface area contributed by atoms with E-state index in [1.165, 1.54) is 38.9 Å². The summed E-state index contributed by atoms with van der Waals surface area (Å²) in [5.41, 5.74) is 1.53. The molecule has 172 valence electrons. The molecule has 6 nitrogen and oxygen atoms in total. The maximum absolute atomic E-state index is 14.8. The van der Waals surface area contributed by atoms with Gasteiger partial charge in [-0.1, -0.05) is 6.07 Å². The molecule has 0 amide bonds. The Labute approximate surface area is 186 Å². The lowest BCUT2D eigenvalue weighted by atomic mass is 10.1. The van der Waals surface area contributed by atoms with E-state index in [0.717, 1.165) is 31.2 Å². The number of aliphatic hydroxyl groups is 1. The molecule has 0 aromatic heterocycles. The zero-order valence-electron chi connectivity index (χ0n) is 18.9. The highest BCUT2D eigenvalue weighted by Crippen LogP contribution is 2.25.